The third kappa shape index (κ3) is 2.76. The van der Waals surface area contributed by atoms with Gasteiger partial charge in [0.25, 0.3) is 5.91 Å². The van der Waals surface area contributed by atoms with Crippen LogP contribution in [0.1, 0.15) is 12.5 Å². The van der Waals surface area contributed by atoms with Gasteiger partial charge in [0, 0.05) is 0 Å². The molecule has 0 saturated carbocycles. The van der Waals surface area contributed by atoms with Gasteiger partial charge in [0.2, 0.25) is 5.91 Å². The molecule has 0 spiro atoms. The van der Waals surface area contributed by atoms with Gasteiger partial charge in [0.05, 0.1) is 18.0 Å². The summed E-state index contributed by atoms with van der Waals surface area (Å²) >= 11 is 0. The maximum atomic E-state index is 13.2. The average molecular weight is 377 g/mol. The van der Waals surface area contributed by atoms with Crippen LogP contribution < -0.4 is 9.91 Å². The highest BCUT2D eigenvalue weighted by molar-refractivity contribution is 6.47. The van der Waals surface area contributed by atoms with E-state index in [0.717, 1.165) is 10.5 Å². The fraction of sp³-hybridized carbons (Fsp3) is 0.238. The van der Waals surface area contributed by atoms with E-state index in [1.54, 1.807) is 43.3 Å². The van der Waals surface area contributed by atoms with E-state index in [2.05, 4.69) is 5.10 Å². The van der Waals surface area contributed by atoms with Crippen LogP contribution in [0.5, 0.6) is 0 Å². The molecule has 2 aromatic rings. The van der Waals surface area contributed by atoms with Gasteiger partial charge < -0.3 is 4.74 Å². The fourth-order valence-electron chi connectivity index (χ4n) is 3.53. The highest BCUT2D eigenvalue weighted by Crippen LogP contribution is 2.37. The number of benzene rings is 2. The zero-order valence-corrected chi connectivity index (χ0v) is 15.5. The lowest BCUT2D eigenvalue weighted by Gasteiger charge is -2.22. The van der Waals surface area contributed by atoms with Crippen molar-refractivity contribution in [2.45, 2.75) is 19.9 Å². The summed E-state index contributed by atoms with van der Waals surface area (Å²) in [6.07, 6.45) is 0. The van der Waals surface area contributed by atoms with E-state index >= 15 is 0 Å². The molecule has 7 nitrogen and oxygen atoms in total. The zero-order chi connectivity index (χ0) is 19.8. The second-order valence-electron chi connectivity index (χ2n) is 6.66. The number of esters is 1. The van der Waals surface area contributed by atoms with Gasteiger partial charge in [0.1, 0.15) is 12.0 Å². The molecule has 0 N–H and O–H groups in total. The molecule has 0 bridgehead atoms. The summed E-state index contributed by atoms with van der Waals surface area (Å²) in [7, 11) is 0. The predicted molar refractivity (Wildman–Crippen MR) is 104 cm³/mol. The largest absolute Gasteiger partial charge is 0.461 e. The lowest BCUT2D eigenvalue weighted by Crippen LogP contribution is -2.39. The molecule has 2 heterocycles. The molecule has 1 fully saturated rings. The molecule has 2 aliphatic rings. The number of amides is 2. The number of fused-ring (bicyclic) bond motifs is 1. The number of hydrogen-bond donors (Lipinski definition) is 0. The molecule has 2 aromatic carbocycles. The van der Waals surface area contributed by atoms with E-state index in [1.165, 1.54) is 5.01 Å². The molecular formula is C21H19N3O4. The Morgan fingerprint density at radius 2 is 1.68 bits per heavy atom. The minimum atomic E-state index is -0.993. The summed E-state index contributed by atoms with van der Waals surface area (Å²) in [5, 5.41) is 5.76. The van der Waals surface area contributed by atoms with E-state index in [9.17, 15) is 14.4 Å². The second-order valence-corrected chi connectivity index (χ2v) is 6.66. The first-order valence-corrected chi connectivity index (χ1v) is 9.07. The molecule has 0 unspecified atom stereocenters. The molecule has 0 radical (unpaired) electrons. The Morgan fingerprint density at radius 3 is 2.32 bits per heavy atom. The van der Waals surface area contributed by atoms with Crippen molar-refractivity contribution in [1.29, 1.82) is 0 Å². The van der Waals surface area contributed by atoms with E-state index in [1.807, 2.05) is 25.1 Å². The average Bonchev–Trinajstić information content (AvgIpc) is 3.21. The Kier molecular flexibility index (Phi) is 4.43. The van der Waals surface area contributed by atoms with Crippen molar-refractivity contribution in [3.8, 4) is 0 Å². The number of aryl methyl sites for hydroxylation is 1. The number of carbonyl (C=O) groups is 3. The lowest BCUT2D eigenvalue weighted by atomic mass is 9.98. The summed E-state index contributed by atoms with van der Waals surface area (Å²) in [6.45, 7) is 3.76. The van der Waals surface area contributed by atoms with Crippen LogP contribution in [0.4, 0.5) is 11.4 Å². The van der Waals surface area contributed by atoms with Gasteiger partial charge >= 0.3 is 5.97 Å². The van der Waals surface area contributed by atoms with Crippen molar-refractivity contribution in [3.05, 3.63) is 60.2 Å². The number of para-hydroxylation sites is 1. The molecule has 28 heavy (non-hydrogen) atoms. The molecule has 7 heteroatoms. The van der Waals surface area contributed by atoms with Crippen molar-refractivity contribution >= 4 is 34.9 Å². The Morgan fingerprint density at radius 1 is 1.00 bits per heavy atom. The zero-order valence-electron chi connectivity index (χ0n) is 15.5. The Bertz CT molecular complexity index is 969. The van der Waals surface area contributed by atoms with Crippen LogP contribution in [0.15, 0.2) is 59.7 Å². The van der Waals surface area contributed by atoms with Crippen LogP contribution in [0.3, 0.4) is 0 Å². The highest BCUT2D eigenvalue weighted by atomic mass is 16.5. The number of imide groups is 1. The summed E-state index contributed by atoms with van der Waals surface area (Å²) in [5.74, 6) is -2.55. The minimum Gasteiger partial charge on any atom is -0.461 e. The number of hydrogen-bond acceptors (Lipinski definition) is 6. The van der Waals surface area contributed by atoms with Crippen LogP contribution in [0, 0.1) is 12.8 Å². The monoisotopic (exact) mass is 377 g/mol. The molecule has 0 aromatic heterocycles. The number of carbonyl (C=O) groups excluding carboxylic acids is 3. The summed E-state index contributed by atoms with van der Waals surface area (Å²) in [6, 6.07) is 15.2. The Hall–Kier alpha value is -3.48. The normalized spacial score (nSPS) is 21.0. The third-order valence-corrected chi connectivity index (χ3v) is 4.85. The van der Waals surface area contributed by atoms with Gasteiger partial charge in [-0.3, -0.25) is 14.6 Å². The SMILES string of the molecule is CCOC(=O)C1=NN(c2ccccc2)[C@@H]2C(=O)N(c3ccc(C)cc3)C(=O)[C@@H]12. The van der Waals surface area contributed by atoms with Gasteiger partial charge in [-0.2, -0.15) is 5.10 Å². The Balaban J connectivity index is 1.78. The molecular weight excluding hydrogens is 358 g/mol. The molecule has 2 amide bonds. The van der Waals surface area contributed by atoms with Crippen LogP contribution in [-0.2, 0) is 19.1 Å². The van der Waals surface area contributed by atoms with Crippen molar-refractivity contribution in [2.75, 3.05) is 16.5 Å². The van der Waals surface area contributed by atoms with Crippen LogP contribution in [0.25, 0.3) is 0 Å². The van der Waals surface area contributed by atoms with E-state index in [-0.39, 0.29) is 12.3 Å². The predicted octanol–water partition coefficient (Wildman–Crippen LogP) is 2.29. The standard InChI is InChI=1S/C21H19N3O4/c1-3-28-21(27)17-16-18(24(22-17)15-7-5-4-6-8-15)20(26)23(19(16)25)14-11-9-13(2)10-12-14/h4-12,16,18H,3H2,1-2H3/t16-,18-/m0/s1. The molecule has 2 atom stereocenters. The van der Waals surface area contributed by atoms with E-state index in [4.69, 9.17) is 4.74 Å². The van der Waals surface area contributed by atoms with Crippen molar-refractivity contribution < 1.29 is 19.1 Å². The fourth-order valence-corrected chi connectivity index (χ4v) is 3.53. The van der Waals surface area contributed by atoms with Crippen LogP contribution in [-0.4, -0.2) is 36.1 Å². The number of ether oxygens (including phenoxy) is 1. The first-order chi connectivity index (χ1) is 13.5. The third-order valence-electron chi connectivity index (χ3n) is 4.85. The molecule has 4 rings (SSSR count). The number of anilines is 2. The van der Waals surface area contributed by atoms with Crippen molar-refractivity contribution in [3.63, 3.8) is 0 Å². The number of nitrogens with zero attached hydrogens (tertiary/aromatic N) is 3. The molecule has 0 aliphatic carbocycles. The summed E-state index contributed by atoms with van der Waals surface area (Å²) in [4.78, 5) is 40.0. The van der Waals surface area contributed by atoms with Crippen molar-refractivity contribution in [2.24, 2.45) is 11.0 Å². The van der Waals surface area contributed by atoms with Gasteiger partial charge in [-0.25, -0.2) is 9.69 Å². The second kappa shape index (κ2) is 6.92. The van der Waals surface area contributed by atoms with Gasteiger partial charge in [-0.15, -0.1) is 0 Å². The summed E-state index contributed by atoms with van der Waals surface area (Å²) in [5.41, 5.74) is 2.08. The van der Waals surface area contributed by atoms with Crippen LogP contribution in [0.2, 0.25) is 0 Å². The molecule has 1 saturated heterocycles. The number of hydrazone groups is 1. The van der Waals surface area contributed by atoms with Gasteiger partial charge in [-0.1, -0.05) is 35.9 Å². The van der Waals surface area contributed by atoms with E-state index in [0.29, 0.717) is 11.4 Å². The topological polar surface area (TPSA) is 79.3 Å². The highest BCUT2D eigenvalue weighted by Gasteiger charge is 2.59. The quantitative estimate of drug-likeness (QED) is 0.603. The maximum absolute atomic E-state index is 13.2. The molecule has 2 aliphatic heterocycles. The van der Waals surface area contributed by atoms with Crippen LogP contribution >= 0.6 is 0 Å². The number of rotatable bonds is 4. The van der Waals surface area contributed by atoms with E-state index < -0.39 is 29.7 Å². The first kappa shape index (κ1) is 17.9. The van der Waals surface area contributed by atoms with Gasteiger partial charge in [0.15, 0.2) is 5.71 Å². The minimum absolute atomic E-state index is 0.0383. The first-order valence-electron chi connectivity index (χ1n) is 9.07. The molecule has 142 valence electrons. The maximum Gasteiger partial charge on any atom is 0.355 e. The smallest absolute Gasteiger partial charge is 0.355 e. The summed E-state index contributed by atoms with van der Waals surface area (Å²) < 4.78 is 5.08. The van der Waals surface area contributed by atoms with Gasteiger partial charge in [-0.05, 0) is 38.1 Å². The van der Waals surface area contributed by atoms with Crippen molar-refractivity contribution in [1.82, 2.24) is 0 Å². The lowest BCUT2D eigenvalue weighted by molar-refractivity contribution is -0.136. The Labute approximate surface area is 162 Å².